The third kappa shape index (κ3) is 3.97. The van der Waals surface area contributed by atoms with Gasteiger partial charge in [-0.2, -0.15) is 5.26 Å². The van der Waals surface area contributed by atoms with E-state index in [1.807, 2.05) is 14.1 Å². The van der Waals surface area contributed by atoms with Crippen LogP contribution in [0.5, 0.6) is 0 Å². The summed E-state index contributed by atoms with van der Waals surface area (Å²) in [6, 6.07) is 8.65. The molecule has 0 bridgehead atoms. The van der Waals surface area contributed by atoms with Crippen LogP contribution < -0.4 is 10.6 Å². The number of urea groups is 1. The van der Waals surface area contributed by atoms with Crippen LogP contribution in [-0.4, -0.2) is 50.3 Å². The first kappa shape index (κ1) is 16.3. The minimum absolute atomic E-state index is 0.0654. The fourth-order valence-electron chi connectivity index (χ4n) is 2.62. The third-order valence-electron chi connectivity index (χ3n) is 4.20. The second-order valence-electron chi connectivity index (χ2n) is 5.73. The molecule has 0 aromatic heterocycles. The quantitative estimate of drug-likeness (QED) is 0.889. The van der Waals surface area contributed by atoms with E-state index in [0.29, 0.717) is 31.0 Å². The molecule has 2 rings (SSSR count). The number of hydrogen-bond acceptors (Lipinski definition) is 4. The number of carbonyl (C=O) groups is 1. The van der Waals surface area contributed by atoms with Crippen LogP contribution in [0.25, 0.3) is 0 Å². The summed E-state index contributed by atoms with van der Waals surface area (Å²) >= 11 is 0. The lowest BCUT2D eigenvalue weighted by molar-refractivity contribution is -0.00553. The van der Waals surface area contributed by atoms with Crippen LogP contribution in [0.4, 0.5) is 10.5 Å². The molecule has 1 aliphatic heterocycles. The van der Waals surface area contributed by atoms with Gasteiger partial charge < -0.3 is 20.3 Å². The van der Waals surface area contributed by atoms with Crippen molar-refractivity contribution in [2.24, 2.45) is 0 Å². The molecule has 0 unspecified atom stereocenters. The molecule has 0 spiro atoms. The van der Waals surface area contributed by atoms with Crippen molar-refractivity contribution in [1.82, 2.24) is 10.2 Å². The Morgan fingerprint density at radius 1 is 1.41 bits per heavy atom. The van der Waals surface area contributed by atoms with Crippen molar-refractivity contribution >= 4 is 11.7 Å². The van der Waals surface area contributed by atoms with Gasteiger partial charge in [0.15, 0.2) is 0 Å². The van der Waals surface area contributed by atoms with E-state index < -0.39 is 0 Å². The van der Waals surface area contributed by atoms with E-state index in [1.54, 1.807) is 24.3 Å². The number of nitrogens with zero attached hydrogens (tertiary/aromatic N) is 2. The van der Waals surface area contributed by atoms with E-state index in [0.717, 1.165) is 12.8 Å². The molecule has 6 heteroatoms. The van der Waals surface area contributed by atoms with Crippen LogP contribution in [0.15, 0.2) is 24.3 Å². The van der Waals surface area contributed by atoms with E-state index >= 15 is 0 Å². The van der Waals surface area contributed by atoms with Gasteiger partial charge in [-0.3, -0.25) is 0 Å². The summed E-state index contributed by atoms with van der Waals surface area (Å²) in [4.78, 5) is 14.2. The highest BCUT2D eigenvalue weighted by Crippen LogP contribution is 2.25. The average molecular weight is 302 g/mol. The van der Waals surface area contributed by atoms with Crippen LogP contribution in [0, 0.1) is 11.3 Å². The van der Waals surface area contributed by atoms with Crippen molar-refractivity contribution in [2.45, 2.75) is 18.4 Å². The number of hydrogen-bond donors (Lipinski definition) is 2. The van der Waals surface area contributed by atoms with Crippen molar-refractivity contribution in [3.05, 3.63) is 29.8 Å². The second-order valence-corrected chi connectivity index (χ2v) is 5.73. The summed E-state index contributed by atoms with van der Waals surface area (Å²) in [6.45, 7) is 1.99. The molecule has 1 fully saturated rings. The lowest BCUT2D eigenvalue weighted by Gasteiger charge is -2.42. The minimum Gasteiger partial charge on any atom is -0.381 e. The zero-order valence-corrected chi connectivity index (χ0v) is 13.1. The Bertz CT molecular complexity index is 560. The molecule has 6 nitrogen and oxygen atoms in total. The Hall–Kier alpha value is -2.10. The van der Waals surface area contributed by atoms with E-state index in [1.165, 1.54) is 0 Å². The SMILES string of the molecule is CN(C)C1(CNC(=O)Nc2cccc(C#N)c2)CCOCC1. The summed E-state index contributed by atoms with van der Waals surface area (Å²) in [5, 5.41) is 14.6. The molecule has 2 amide bonds. The van der Waals surface area contributed by atoms with Crippen LogP contribution in [0.3, 0.4) is 0 Å². The molecular weight excluding hydrogens is 280 g/mol. The molecule has 0 radical (unpaired) electrons. The Labute approximate surface area is 131 Å². The van der Waals surface area contributed by atoms with Gasteiger partial charge in [-0.25, -0.2) is 4.79 Å². The Morgan fingerprint density at radius 2 is 2.14 bits per heavy atom. The molecule has 0 saturated carbocycles. The van der Waals surface area contributed by atoms with Crippen molar-refractivity contribution in [1.29, 1.82) is 5.26 Å². The lowest BCUT2D eigenvalue weighted by atomic mass is 9.88. The predicted molar refractivity (Wildman–Crippen MR) is 84.6 cm³/mol. The highest BCUT2D eigenvalue weighted by atomic mass is 16.5. The van der Waals surface area contributed by atoms with Gasteiger partial charge in [-0.05, 0) is 45.1 Å². The monoisotopic (exact) mass is 302 g/mol. The minimum atomic E-state index is -0.261. The first-order valence-corrected chi connectivity index (χ1v) is 7.36. The number of likely N-dealkylation sites (N-methyl/N-ethyl adjacent to an activating group) is 1. The second kappa shape index (κ2) is 7.25. The van der Waals surface area contributed by atoms with E-state index in [9.17, 15) is 4.79 Å². The smallest absolute Gasteiger partial charge is 0.319 e. The maximum atomic E-state index is 12.1. The number of ether oxygens (including phenoxy) is 1. The van der Waals surface area contributed by atoms with Crippen LogP contribution in [-0.2, 0) is 4.74 Å². The normalized spacial score (nSPS) is 16.8. The molecule has 0 aliphatic carbocycles. The number of rotatable bonds is 4. The Kier molecular flexibility index (Phi) is 5.36. The number of anilines is 1. The van der Waals surface area contributed by atoms with Gasteiger partial charge in [-0.15, -0.1) is 0 Å². The number of amides is 2. The molecule has 1 aromatic rings. The summed E-state index contributed by atoms with van der Waals surface area (Å²) in [7, 11) is 4.06. The molecule has 1 aliphatic rings. The summed E-state index contributed by atoms with van der Waals surface area (Å²) in [5.41, 5.74) is 1.07. The van der Waals surface area contributed by atoms with Gasteiger partial charge in [0.25, 0.3) is 0 Å². The van der Waals surface area contributed by atoms with Crippen molar-refractivity contribution in [3.63, 3.8) is 0 Å². The molecule has 118 valence electrons. The van der Waals surface area contributed by atoms with Gasteiger partial charge in [0.05, 0.1) is 11.6 Å². The largest absolute Gasteiger partial charge is 0.381 e. The van der Waals surface area contributed by atoms with Crippen molar-refractivity contribution in [2.75, 3.05) is 39.2 Å². The Balaban J connectivity index is 1.92. The van der Waals surface area contributed by atoms with Crippen LogP contribution in [0.2, 0.25) is 0 Å². The van der Waals surface area contributed by atoms with E-state index in [4.69, 9.17) is 10.00 Å². The summed E-state index contributed by atoms with van der Waals surface area (Å²) in [6.07, 6.45) is 1.79. The third-order valence-corrected chi connectivity index (χ3v) is 4.20. The van der Waals surface area contributed by atoms with E-state index in [-0.39, 0.29) is 11.6 Å². The van der Waals surface area contributed by atoms with Gasteiger partial charge in [0, 0.05) is 31.0 Å². The highest BCUT2D eigenvalue weighted by Gasteiger charge is 2.35. The zero-order valence-electron chi connectivity index (χ0n) is 13.1. The lowest BCUT2D eigenvalue weighted by Crippen LogP contribution is -2.56. The first-order valence-electron chi connectivity index (χ1n) is 7.36. The summed E-state index contributed by atoms with van der Waals surface area (Å²) < 4.78 is 5.42. The summed E-state index contributed by atoms with van der Waals surface area (Å²) in [5.74, 6) is 0. The van der Waals surface area contributed by atoms with Crippen LogP contribution >= 0.6 is 0 Å². The number of nitrogens with one attached hydrogen (secondary N) is 2. The Morgan fingerprint density at radius 3 is 2.77 bits per heavy atom. The highest BCUT2D eigenvalue weighted by molar-refractivity contribution is 5.89. The predicted octanol–water partition coefficient (Wildman–Crippen LogP) is 1.79. The number of nitriles is 1. The van der Waals surface area contributed by atoms with Crippen molar-refractivity contribution in [3.8, 4) is 6.07 Å². The van der Waals surface area contributed by atoms with Gasteiger partial charge >= 0.3 is 6.03 Å². The average Bonchev–Trinajstić information content (AvgIpc) is 2.54. The van der Waals surface area contributed by atoms with Crippen LogP contribution in [0.1, 0.15) is 18.4 Å². The fraction of sp³-hybridized carbons (Fsp3) is 0.500. The number of benzene rings is 1. The van der Waals surface area contributed by atoms with Gasteiger partial charge in [0.2, 0.25) is 0 Å². The topological polar surface area (TPSA) is 77.4 Å². The van der Waals surface area contributed by atoms with E-state index in [2.05, 4.69) is 21.6 Å². The first-order chi connectivity index (χ1) is 10.6. The molecule has 2 N–H and O–H groups in total. The number of carbonyl (C=O) groups excluding carboxylic acids is 1. The molecule has 1 aromatic carbocycles. The fourth-order valence-corrected chi connectivity index (χ4v) is 2.62. The van der Waals surface area contributed by atoms with Gasteiger partial charge in [-0.1, -0.05) is 6.07 Å². The standard InChI is InChI=1S/C16H22N4O2/c1-20(2)16(6-8-22-9-7-16)12-18-15(21)19-14-5-3-4-13(10-14)11-17/h3-5,10H,6-9,12H2,1-2H3,(H2,18,19,21). The van der Waals surface area contributed by atoms with Crippen molar-refractivity contribution < 1.29 is 9.53 Å². The molecule has 22 heavy (non-hydrogen) atoms. The zero-order chi connectivity index (χ0) is 16.0. The molecular formula is C16H22N4O2. The maximum Gasteiger partial charge on any atom is 0.319 e. The molecule has 1 saturated heterocycles. The van der Waals surface area contributed by atoms with Gasteiger partial charge in [0.1, 0.15) is 0 Å². The molecule has 0 atom stereocenters. The molecule has 1 heterocycles. The maximum absolute atomic E-state index is 12.1.